The highest BCUT2D eigenvalue weighted by Gasteiger charge is 2.25. The fourth-order valence-electron chi connectivity index (χ4n) is 1.90. The van der Waals surface area contributed by atoms with Gasteiger partial charge in [0.05, 0.1) is 0 Å². The number of hydrogen-bond acceptors (Lipinski definition) is 4. The SMILES string of the molecule is CCC(CC)(CNC(=O)c1cc(NC)ccn1)SC. The molecule has 0 fully saturated rings. The third-order valence-corrected chi connectivity index (χ3v) is 5.16. The van der Waals surface area contributed by atoms with Gasteiger partial charge in [0, 0.05) is 30.2 Å². The van der Waals surface area contributed by atoms with Crippen molar-refractivity contribution < 1.29 is 4.79 Å². The van der Waals surface area contributed by atoms with Crippen molar-refractivity contribution in [3.05, 3.63) is 24.0 Å². The Balaban J connectivity index is 2.69. The van der Waals surface area contributed by atoms with Crippen molar-refractivity contribution in [1.29, 1.82) is 0 Å². The Morgan fingerprint density at radius 3 is 2.63 bits per heavy atom. The highest BCUT2D eigenvalue weighted by atomic mass is 32.2. The molecule has 0 aromatic carbocycles. The quantitative estimate of drug-likeness (QED) is 0.807. The minimum absolute atomic E-state index is 0.113. The first-order chi connectivity index (χ1) is 9.10. The number of anilines is 1. The highest BCUT2D eigenvalue weighted by molar-refractivity contribution is 8.00. The maximum atomic E-state index is 12.1. The summed E-state index contributed by atoms with van der Waals surface area (Å²) in [7, 11) is 1.82. The molecule has 0 saturated heterocycles. The molecule has 19 heavy (non-hydrogen) atoms. The van der Waals surface area contributed by atoms with E-state index in [-0.39, 0.29) is 10.7 Å². The van der Waals surface area contributed by atoms with E-state index >= 15 is 0 Å². The largest absolute Gasteiger partial charge is 0.388 e. The van der Waals surface area contributed by atoms with E-state index in [4.69, 9.17) is 0 Å². The number of aromatic nitrogens is 1. The lowest BCUT2D eigenvalue weighted by atomic mass is 10.0. The third kappa shape index (κ3) is 4.13. The summed E-state index contributed by atoms with van der Waals surface area (Å²) in [5.41, 5.74) is 1.34. The van der Waals surface area contributed by atoms with Gasteiger partial charge in [-0.3, -0.25) is 9.78 Å². The van der Waals surface area contributed by atoms with Crippen LogP contribution >= 0.6 is 11.8 Å². The van der Waals surface area contributed by atoms with Gasteiger partial charge in [0.25, 0.3) is 5.91 Å². The Kier molecular flexibility index (Phi) is 6.15. The summed E-state index contributed by atoms with van der Waals surface area (Å²) >= 11 is 1.81. The summed E-state index contributed by atoms with van der Waals surface area (Å²) in [5.74, 6) is -0.113. The van der Waals surface area contributed by atoms with Crippen molar-refractivity contribution >= 4 is 23.4 Å². The van der Waals surface area contributed by atoms with Gasteiger partial charge in [-0.15, -0.1) is 0 Å². The molecule has 0 bridgehead atoms. The van der Waals surface area contributed by atoms with Crippen LogP contribution < -0.4 is 10.6 Å². The van der Waals surface area contributed by atoms with Crippen molar-refractivity contribution in [3.63, 3.8) is 0 Å². The lowest BCUT2D eigenvalue weighted by Gasteiger charge is -2.29. The van der Waals surface area contributed by atoms with Crippen LogP contribution in [0.1, 0.15) is 37.2 Å². The van der Waals surface area contributed by atoms with E-state index in [1.807, 2.05) is 24.9 Å². The van der Waals surface area contributed by atoms with Gasteiger partial charge in [0.15, 0.2) is 0 Å². The topological polar surface area (TPSA) is 54.0 Å². The van der Waals surface area contributed by atoms with Gasteiger partial charge >= 0.3 is 0 Å². The molecule has 1 amide bonds. The molecule has 2 N–H and O–H groups in total. The highest BCUT2D eigenvalue weighted by Crippen LogP contribution is 2.29. The Morgan fingerprint density at radius 1 is 1.42 bits per heavy atom. The zero-order valence-electron chi connectivity index (χ0n) is 12.1. The van der Waals surface area contributed by atoms with Gasteiger partial charge in [0.2, 0.25) is 0 Å². The average Bonchev–Trinajstić information content (AvgIpc) is 2.49. The molecule has 5 heteroatoms. The van der Waals surface area contributed by atoms with Crippen LogP contribution in [0.25, 0.3) is 0 Å². The molecule has 0 aliphatic rings. The number of thioether (sulfide) groups is 1. The fourth-order valence-corrected chi connectivity index (χ4v) is 2.70. The summed E-state index contributed by atoms with van der Waals surface area (Å²) < 4.78 is 0.121. The molecule has 1 aromatic rings. The predicted molar refractivity (Wildman–Crippen MR) is 82.9 cm³/mol. The molecule has 0 spiro atoms. The van der Waals surface area contributed by atoms with Crippen LogP contribution in [0, 0.1) is 0 Å². The molecule has 106 valence electrons. The van der Waals surface area contributed by atoms with Crippen molar-refractivity contribution in [2.24, 2.45) is 0 Å². The van der Waals surface area contributed by atoms with E-state index in [0.29, 0.717) is 12.2 Å². The second kappa shape index (κ2) is 7.38. The number of carbonyl (C=O) groups excluding carboxylic acids is 1. The van der Waals surface area contributed by atoms with Crippen molar-refractivity contribution in [3.8, 4) is 0 Å². The van der Waals surface area contributed by atoms with Gasteiger partial charge < -0.3 is 10.6 Å². The molecule has 0 aliphatic carbocycles. The van der Waals surface area contributed by atoms with E-state index in [9.17, 15) is 4.79 Å². The fraction of sp³-hybridized carbons (Fsp3) is 0.571. The number of nitrogens with one attached hydrogen (secondary N) is 2. The molecule has 1 rings (SSSR count). The Labute approximate surface area is 119 Å². The third-order valence-electron chi connectivity index (χ3n) is 3.57. The maximum Gasteiger partial charge on any atom is 0.270 e. The summed E-state index contributed by atoms with van der Waals surface area (Å²) in [6, 6.07) is 3.59. The molecule has 1 heterocycles. The first-order valence-corrected chi connectivity index (χ1v) is 7.80. The van der Waals surface area contributed by atoms with E-state index in [2.05, 4.69) is 35.7 Å². The van der Waals surface area contributed by atoms with Crippen molar-refractivity contribution in [2.45, 2.75) is 31.4 Å². The normalized spacial score (nSPS) is 11.2. The minimum Gasteiger partial charge on any atom is -0.388 e. The second-order valence-electron chi connectivity index (χ2n) is 4.46. The number of hydrogen-bond donors (Lipinski definition) is 2. The van der Waals surface area contributed by atoms with Gasteiger partial charge in [-0.25, -0.2) is 0 Å². The molecular formula is C14H23N3OS. The molecule has 1 aromatic heterocycles. The lowest BCUT2D eigenvalue weighted by Crippen LogP contribution is -2.39. The van der Waals surface area contributed by atoms with Gasteiger partial charge in [-0.1, -0.05) is 13.8 Å². The summed E-state index contributed by atoms with van der Waals surface area (Å²) in [6.07, 6.45) is 5.81. The van der Waals surface area contributed by atoms with Crippen LogP contribution in [0.15, 0.2) is 18.3 Å². The minimum atomic E-state index is -0.113. The molecule has 0 radical (unpaired) electrons. The smallest absolute Gasteiger partial charge is 0.270 e. The second-order valence-corrected chi connectivity index (χ2v) is 5.73. The first kappa shape index (κ1) is 15.8. The van der Waals surface area contributed by atoms with Crippen LogP contribution in [0.3, 0.4) is 0 Å². The molecule has 0 atom stereocenters. The average molecular weight is 281 g/mol. The maximum absolute atomic E-state index is 12.1. The van der Waals surface area contributed by atoms with E-state index in [1.165, 1.54) is 0 Å². The molecule has 0 saturated carbocycles. The van der Waals surface area contributed by atoms with Crippen LogP contribution in [-0.2, 0) is 0 Å². The van der Waals surface area contributed by atoms with Gasteiger partial charge in [-0.2, -0.15) is 11.8 Å². The molecule has 0 aliphatic heterocycles. The Morgan fingerprint density at radius 2 is 2.11 bits per heavy atom. The number of nitrogens with zero attached hydrogens (tertiary/aromatic N) is 1. The standard InChI is InChI=1S/C14H23N3OS/c1-5-14(6-2,19-4)10-17-13(18)12-9-11(15-3)7-8-16-12/h7-9H,5-6,10H2,1-4H3,(H,15,16)(H,17,18). The van der Waals surface area contributed by atoms with E-state index in [0.717, 1.165) is 18.5 Å². The lowest BCUT2D eigenvalue weighted by molar-refractivity contribution is 0.0944. The number of pyridine rings is 1. The van der Waals surface area contributed by atoms with Gasteiger partial charge in [0.1, 0.15) is 5.69 Å². The Hall–Kier alpha value is -1.23. The zero-order valence-corrected chi connectivity index (χ0v) is 12.9. The van der Waals surface area contributed by atoms with Crippen LogP contribution in [0.2, 0.25) is 0 Å². The Bertz CT molecular complexity index is 411. The van der Waals surface area contributed by atoms with Crippen LogP contribution in [0.5, 0.6) is 0 Å². The molecule has 4 nitrogen and oxygen atoms in total. The summed E-state index contributed by atoms with van der Waals surface area (Å²) in [6.45, 7) is 4.99. The van der Waals surface area contributed by atoms with Crippen molar-refractivity contribution in [2.75, 3.05) is 25.2 Å². The number of amides is 1. The van der Waals surface area contributed by atoms with Crippen LogP contribution in [0.4, 0.5) is 5.69 Å². The zero-order chi connectivity index (χ0) is 14.3. The number of rotatable bonds is 7. The van der Waals surface area contributed by atoms with E-state index < -0.39 is 0 Å². The predicted octanol–water partition coefficient (Wildman–Crippen LogP) is 2.77. The van der Waals surface area contributed by atoms with Crippen LogP contribution in [-0.4, -0.2) is 35.5 Å². The van der Waals surface area contributed by atoms with Gasteiger partial charge in [-0.05, 0) is 31.2 Å². The monoisotopic (exact) mass is 281 g/mol. The first-order valence-electron chi connectivity index (χ1n) is 6.58. The van der Waals surface area contributed by atoms with Crippen molar-refractivity contribution in [1.82, 2.24) is 10.3 Å². The van der Waals surface area contributed by atoms with E-state index in [1.54, 1.807) is 12.3 Å². The molecule has 0 unspecified atom stereocenters. The summed E-state index contributed by atoms with van der Waals surface area (Å²) in [5, 5.41) is 6.00. The summed E-state index contributed by atoms with van der Waals surface area (Å²) in [4.78, 5) is 16.2. The number of carbonyl (C=O) groups is 1. The molecular weight excluding hydrogens is 258 g/mol.